The highest BCUT2D eigenvalue weighted by molar-refractivity contribution is 5.97. The number of primary amides is 1. The first kappa shape index (κ1) is 46.4. The van der Waals surface area contributed by atoms with Crippen molar-refractivity contribution in [3.63, 3.8) is 0 Å². The summed E-state index contributed by atoms with van der Waals surface area (Å²) in [7, 11) is 0. The molecule has 1 aromatic rings. The topological polar surface area (TPSA) is 304 Å². The van der Waals surface area contributed by atoms with Gasteiger partial charge in [-0.15, -0.1) is 0 Å². The van der Waals surface area contributed by atoms with Crippen LogP contribution in [0.4, 0.5) is 0 Å². The predicted octanol–water partition coefficient (Wildman–Crippen LogP) is -3.04. The molecule has 1 rings (SSSR count). The van der Waals surface area contributed by atoms with Crippen molar-refractivity contribution in [3.8, 4) is 0 Å². The van der Waals surface area contributed by atoms with Gasteiger partial charge < -0.3 is 58.7 Å². The summed E-state index contributed by atoms with van der Waals surface area (Å²) in [5.74, 6) is -6.36. The molecule has 0 saturated heterocycles. The van der Waals surface area contributed by atoms with Crippen LogP contribution in [0.15, 0.2) is 30.3 Å². The number of benzene rings is 1. The van der Waals surface area contributed by atoms with Gasteiger partial charge >= 0.3 is 0 Å². The summed E-state index contributed by atoms with van der Waals surface area (Å²) in [4.78, 5) is 91.0. The Hall–Kier alpha value is -4.65. The molecule has 0 radical (unpaired) electrons. The summed E-state index contributed by atoms with van der Waals surface area (Å²) >= 11 is 0. The number of aliphatic hydroxyl groups is 3. The molecule has 0 aliphatic rings. The van der Waals surface area contributed by atoms with Crippen LogP contribution in [0.25, 0.3) is 0 Å². The van der Waals surface area contributed by atoms with Crippen LogP contribution in [0.2, 0.25) is 0 Å². The molecule has 0 saturated carbocycles. The minimum Gasteiger partial charge on any atom is -0.391 e. The fourth-order valence-electron chi connectivity index (χ4n) is 5.26. The van der Waals surface area contributed by atoms with E-state index in [-0.39, 0.29) is 19.4 Å². The molecular formula is C35H58N8O10. The molecule has 0 aliphatic carbocycles. The maximum atomic E-state index is 13.9. The van der Waals surface area contributed by atoms with Crippen molar-refractivity contribution < 1.29 is 48.9 Å². The maximum Gasteiger partial charge on any atom is 0.245 e. The summed E-state index contributed by atoms with van der Waals surface area (Å²) < 4.78 is 0. The van der Waals surface area contributed by atoms with Crippen molar-refractivity contribution in [1.29, 1.82) is 0 Å². The van der Waals surface area contributed by atoms with E-state index in [0.29, 0.717) is 24.8 Å². The zero-order valence-corrected chi connectivity index (χ0v) is 31.3. The Morgan fingerprint density at radius 2 is 1.08 bits per heavy atom. The lowest BCUT2D eigenvalue weighted by Crippen LogP contribution is -2.62. The standard InChI is InChI=1S/C35H58N8O10/c1-7-18(2)26(33(51)40-25(17-23-13-9-8-10-14-23)32(50)42-27(19(3)44)30(37)48)41-31(49)24(15-11-12-16-36)39-34(52)29(21(5)46)43-35(53)28(20(4)45)38-22(6)47/h8-10,13-14,18-21,24-29,44-46H,7,11-12,15-17,36H2,1-6H3,(H2,37,48)(H,38,47)(H,39,52)(H,40,51)(H,41,49)(H,42,50)(H,43,53)/t18-,19+,20+,21+,24-,25-,26-,27-,28-,29-/m0/s1. The van der Waals surface area contributed by atoms with Crippen molar-refractivity contribution in [1.82, 2.24) is 31.9 Å². The van der Waals surface area contributed by atoms with Crippen LogP contribution in [0.5, 0.6) is 0 Å². The monoisotopic (exact) mass is 750 g/mol. The van der Waals surface area contributed by atoms with Crippen molar-refractivity contribution in [2.24, 2.45) is 17.4 Å². The molecule has 0 heterocycles. The van der Waals surface area contributed by atoms with Gasteiger partial charge in [-0.05, 0) is 58.1 Å². The summed E-state index contributed by atoms with van der Waals surface area (Å²) in [6.07, 6.45) is -2.87. The second-order valence-corrected chi connectivity index (χ2v) is 13.2. The second-order valence-electron chi connectivity index (χ2n) is 13.2. The molecule has 1 aromatic carbocycles. The quantitative estimate of drug-likeness (QED) is 0.0500. The first-order chi connectivity index (χ1) is 24.8. The Bertz CT molecular complexity index is 1380. The van der Waals surface area contributed by atoms with E-state index in [1.54, 1.807) is 44.2 Å². The van der Waals surface area contributed by atoms with E-state index in [1.807, 2.05) is 0 Å². The number of carbonyl (C=O) groups is 7. The lowest BCUT2D eigenvalue weighted by Gasteiger charge is -2.30. The number of nitrogens with two attached hydrogens (primary N) is 2. The fourth-order valence-corrected chi connectivity index (χ4v) is 5.26. The van der Waals surface area contributed by atoms with E-state index >= 15 is 0 Å². The molecule has 13 N–H and O–H groups in total. The van der Waals surface area contributed by atoms with Gasteiger partial charge in [-0.1, -0.05) is 50.6 Å². The van der Waals surface area contributed by atoms with Gasteiger partial charge in [0.1, 0.15) is 36.3 Å². The largest absolute Gasteiger partial charge is 0.391 e. The molecule has 18 heteroatoms. The van der Waals surface area contributed by atoms with Crippen molar-refractivity contribution in [2.45, 2.75) is 128 Å². The van der Waals surface area contributed by atoms with Crippen molar-refractivity contribution in [2.75, 3.05) is 6.54 Å². The Labute approximate surface area is 310 Å². The average Bonchev–Trinajstić information content (AvgIpc) is 3.09. The van der Waals surface area contributed by atoms with Crippen LogP contribution in [0, 0.1) is 5.92 Å². The second kappa shape index (κ2) is 23.1. The van der Waals surface area contributed by atoms with Gasteiger partial charge in [0.25, 0.3) is 0 Å². The highest BCUT2D eigenvalue weighted by atomic mass is 16.3. The molecule has 0 unspecified atom stereocenters. The molecule has 0 aliphatic heterocycles. The third-order valence-electron chi connectivity index (χ3n) is 8.56. The maximum absolute atomic E-state index is 13.9. The van der Waals surface area contributed by atoms with E-state index in [2.05, 4.69) is 31.9 Å². The van der Waals surface area contributed by atoms with Crippen LogP contribution in [0.3, 0.4) is 0 Å². The van der Waals surface area contributed by atoms with Gasteiger partial charge in [0.2, 0.25) is 41.4 Å². The van der Waals surface area contributed by atoms with E-state index < -0.39 is 102 Å². The average molecular weight is 751 g/mol. The molecule has 53 heavy (non-hydrogen) atoms. The minimum atomic E-state index is -1.61. The van der Waals surface area contributed by atoms with E-state index in [4.69, 9.17) is 11.5 Å². The summed E-state index contributed by atoms with van der Waals surface area (Å²) in [6.45, 7) is 8.64. The first-order valence-corrected chi connectivity index (χ1v) is 17.7. The third kappa shape index (κ3) is 15.9. The number of hydrogen-bond acceptors (Lipinski definition) is 11. The Kier molecular flexibility index (Phi) is 20.2. The molecule has 7 amide bonds. The third-order valence-corrected chi connectivity index (χ3v) is 8.56. The molecule has 0 spiro atoms. The summed E-state index contributed by atoms with van der Waals surface area (Å²) in [5.41, 5.74) is 11.7. The normalized spacial score (nSPS) is 16.8. The van der Waals surface area contributed by atoms with E-state index in [9.17, 15) is 48.9 Å². The number of rotatable bonds is 23. The summed E-state index contributed by atoms with van der Waals surface area (Å²) in [6, 6.07) is 0.403. The highest BCUT2D eigenvalue weighted by Crippen LogP contribution is 2.12. The van der Waals surface area contributed by atoms with Gasteiger partial charge in [0, 0.05) is 13.3 Å². The SMILES string of the molecule is CC[C@H](C)[C@H](NC(=O)[C@H](CCCCN)NC(=O)[C@@H](NC(=O)[C@@H](NC(C)=O)[C@@H](C)O)[C@@H](C)O)C(=O)N[C@@H](Cc1ccccc1)C(=O)N[C@H](C(N)=O)[C@@H](C)O. The van der Waals surface area contributed by atoms with Crippen LogP contribution in [0.1, 0.15) is 72.8 Å². The smallest absolute Gasteiger partial charge is 0.245 e. The van der Waals surface area contributed by atoms with Crippen LogP contribution < -0.4 is 43.4 Å². The van der Waals surface area contributed by atoms with Crippen molar-refractivity contribution >= 4 is 41.4 Å². The fraction of sp³-hybridized carbons (Fsp3) is 0.629. The van der Waals surface area contributed by atoms with Gasteiger partial charge in [0.05, 0.1) is 18.3 Å². The predicted molar refractivity (Wildman–Crippen MR) is 194 cm³/mol. The molecule has 298 valence electrons. The number of aliphatic hydroxyl groups excluding tert-OH is 3. The number of unbranched alkanes of at least 4 members (excludes halogenated alkanes) is 1. The molecule has 0 fully saturated rings. The molecular weight excluding hydrogens is 692 g/mol. The summed E-state index contributed by atoms with van der Waals surface area (Å²) in [5, 5.41) is 45.2. The zero-order chi connectivity index (χ0) is 40.4. The van der Waals surface area contributed by atoms with E-state index in [1.165, 1.54) is 20.8 Å². The van der Waals surface area contributed by atoms with Gasteiger partial charge in [-0.3, -0.25) is 33.6 Å². The molecule has 0 aromatic heterocycles. The molecule has 0 bridgehead atoms. The minimum absolute atomic E-state index is 0.0209. The number of hydrogen-bond donors (Lipinski definition) is 11. The zero-order valence-electron chi connectivity index (χ0n) is 31.3. The van der Waals surface area contributed by atoms with Crippen LogP contribution in [-0.4, -0.2) is 118 Å². The van der Waals surface area contributed by atoms with Crippen LogP contribution in [-0.2, 0) is 40.0 Å². The lowest BCUT2D eigenvalue weighted by atomic mass is 9.96. The Morgan fingerprint density at radius 3 is 1.57 bits per heavy atom. The molecule has 18 nitrogen and oxygen atoms in total. The number of amides is 7. The number of carbonyl (C=O) groups excluding carboxylic acids is 7. The van der Waals surface area contributed by atoms with E-state index in [0.717, 1.165) is 6.92 Å². The van der Waals surface area contributed by atoms with Gasteiger partial charge in [-0.25, -0.2) is 0 Å². The Morgan fingerprint density at radius 1 is 0.623 bits per heavy atom. The highest BCUT2D eigenvalue weighted by Gasteiger charge is 2.36. The first-order valence-electron chi connectivity index (χ1n) is 17.7. The number of nitrogens with one attached hydrogen (secondary N) is 6. The van der Waals surface area contributed by atoms with Gasteiger partial charge in [0.15, 0.2) is 0 Å². The molecule has 10 atom stereocenters. The van der Waals surface area contributed by atoms with Crippen LogP contribution >= 0.6 is 0 Å². The van der Waals surface area contributed by atoms with Gasteiger partial charge in [-0.2, -0.15) is 0 Å². The van der Waals surface area contributed by atoms with Crippen molar-refractivity contribution in [3.05, 3.63) is 35.9 Å². The Balaban J connectivity index is 3.37. The lowest BCUT2D eigenvalue weighted by molar-refractivity contribution is -0.138.